The largest absolute Gasteiger partial charge is 0.497 e. The highest BCUT2D eigenvalue weighted by atomic mass is 79.9. The topological polar surface area (TPSA) is 65.4 Å². The van der Waals surface area contributed by atoms with Gasteiger partial charge in [0.2, 0.25) is 5.91 Å². The Hall–Kier alpha value is -2.45. The zero-order chi connectivity index (χ0) is 21.5. The molecule has 0 saturated carbocycles. The average molecular weight is 490 g/mol. The van der Waals surface area contributed by atoms with Gasteiger partial charge in [0.1, 0.15) is 23.4 Å². The van der Waals surface area contributed by atoms with Gasteiger partial charge in [-0.1, -0.05) is 15.9 Å². The van der Waals surface area contributed by atoms with Crippen LogP contribution in [0.2, 0.25) is 0 Å². The van der Waals surface area contributed by atoms with Crippen molar-refractivity contribution in [1.29, 1.82) is 0 Å². The summed E-state index contributed by atoms with van der Waals surface area (Å²) in [5.41, 5.74) is 0.842. The van der Waals surface area contributed by atoms with Crippen molar-refractivity contribution in [3.8, 4) is 11.5 Å². The van der Waals surface area contributed by atoms with E-state index < -0.39 is 6.04 Å². The van der Waals surface area contributed by atoms with Gasteiger partial charge in [-0.3, -0.25) is 4.79 Å². The number of hydrogen-bond donors (Lipinski definition) is 1. The number of nitrogens with one attached hydrogen (secondary N) is 1. The van der Waals surface area contributed by atoms with E-state index in [4.69, 9.17) is 9.47 Å². The smallest absolute Gasteiger partial charge is 0.221 e. The highest BCUT2D eigenvalue weighted by Crippen LogP contribution is 2.29. The van der Waals surface area contributed by atoms with Gasteiger partial charge in [-0.25, -0.2) is 4.98 Å². The third-order valence-corrected chi connectivity index (χ3v) is 6.08. The average Bonchev–Trinajstić information content (AvgIpc) is 3.18. The number of aryl methyl sites for hydroxylation is 1. The highest BCUT2D eigenvalue weighted by molar-refractivity contribution is 9.10. The first-order chi connectivity index (χ1) is 14.5. The van der Waals surface area contributed by atoms with E-state index in [2.05, 4.69) is 26.2 Å². The number of methoxy groups -OCH3 is 2. The molecule has 0 bridgehead atoms. The third kappa shape index (κ3) is 5.79. The number of halogens is 1. The lowest BCUT2D eigenvalue weighted by atomic mass is 10.0. The van der Waals surface area contributed by atoms with Crippen molar-refractivity contribution in [3.63, 3.8) is 0 Å². The van der Waals surface area contributed by atoms with Crippen LogP contribution in [0.3, 0.4) is 0 Å². The van der Waals surface area contributed by atoms with Crippen LogP contribution in [-0.4, -0.2) is 35.4 Å². The molecule has 1 N–H and O–H groups in total. The minimum atomic E-state index is -0.417. The first-order valence-electron chi connectivity index (χ1n) is 9.38. The van der Waals surface area contributed by atoms with Crippen LogP contribution in [0.25, 0.3) is 0 Å². The van der Waals surface area contributed by atoms with Crippen molar-refractivity contribution >= 4 is 33.6 Å². The van der Waals surface area contributed by atoms with Gasteiger partial charge in [0, 0.05) is 47.0 Å². The number of aromatic nitrogens is 2. The SMILES string of the molecule is COc1cc(OC)cc(C(NC(=O)CCSc2ccc(Br)cc2)c2nccn2C)c1. The first kappa shape index (κ1) is 22.2. The maximum absolute atomic E-state index is 12.8. The number of nitrogens with zero attached hydrogens (tertiary/aromatic N) is 2. The molecule has 3 aromatic rings. The zero-order valence-electron chi connectivity index (χ0n) is 17.1. The lowest BCUT2D eigenvalue weighted by Crippen LogP contribution is -2.31. The summed E-state index contributed by atoms with van der Waals surface area (Å²) in [5, 5.41) is 3.12. The molecule has 30 heavy (non-hydrogen) atoms. The van der Waals surface area contributed by atoms with Crippen LogP contribution < -0.4 is 14.8 Å². The fraction of sp³-hybridized carbons (Fsp3) is 0.273. The molecule has 8 heteroatoms. The standard InChI is InChI=1S/C22H24BrN3O3S/c1-26-10-9-24-22(26)21(15-12-17(28-2)14-18(13-15)29-3)25-20(27)8-11-30-19-6-4-16(23)5-7-19/h4-7,9-10,12-14,21H,8,11H2,1-3H3,(H,25,27). The number of amides is 1. The summed E-state index contributed by atoms with van der Waals surface area (Å²) in [5.74, 6) is 2.68. The Bertz CT molecular complexity index is 969. The van der Waals surface area contributed by atoms with Crippen LogP contribution in [0.1, 0.15) is 23.9 Å². The van der Waals surface area contributed by atoms with Crippen molar-refractivity contribution in [3.05, 3.63) is 70.7 Å². The molecule has 1 aromatic heterocycles. The van der Waals surface area contributed by atoms with Crippen LogP contribution in [0.4, 0.5) is 0 Å². The van der Waals surface area contributed by atoms with Gasteiger partial charge in [-0.2, -0.15) is 0 Å². The van der Waals surface area contributed by atoms with Crippen molar-refractivity contribution in [2.75, 3.05) is 20.0 Å². The van der Waals surface area contributed by atoms with Crippen LogP contribution in [0, 0.1) is 0 Å². The van der Waals surface area contributed by atoms with Crippen molar-refractivity contribution < 1.29 is 14.3 Å². The number of benzene rings is 2. The predicted octanol–water partition coefficient (Wildman–Crippen LogP) is 4.59. The molecule has 6 nitrogen and oxygen atoms in total. The second-order valence-electron chi connectivity index (χ2n) is 6.60. The quantitative estimate of drug-likeness (QED) is 0.445. The van der Waals surface area contributed by atoms with E-state index in [9.17, 15) is 4.79 Å². The summed E-state index contributed by atoms with van der Waals surface area (Å²) in [6, 6.07) is 13.2. The first-order valence-corrected chi connectivity index (χ1v) is 11.2. The van der Waals surface area contributed by atoms with Gasteiger partial charge in [0.25, 0.3) is 0 Å². The number of carbonyl (C=O) groups excluding carboxylic acids is 1. The van der Waals surface area contributed by atoms with E-state index in [0.717, 1.165) is 20.8 Å². The van der Waals surface area contributed by atoms with Crippen LogP contribution >= 0.6 is 27.7 Å². The minimum absolute atomic E-state index is 0.0469. The molecule has 0 aliphatic heterocycles. The zero-order valence-corrected chi connectivity index (χ0v) is 19.5. The van der Waals surface area contributed by atoms with Crippen molar-refractivity contribution in [2.45, 2.75) is 17.4 Å². The molecule has 0 spiro atoms. The highest BCUT2D eigenvalue weighted by Gasteiger charge is 2.22. The van der Waals surface area contributed by atoms with E-state index >= 15 is 0 Å². The number of hydrogen-bond acceptors (Lipinski definition) is 5. The summed E-state index contributed by atoms with van der Waals surface area (Å²) in [4.78, 5) is 18.3. The molecule has 0 aliphatic carbocycles. The maximum Gasteiger partial charge on any atom is 0.221 e. The van der Waals surface area contributed by atoms with Crippen LogP contribution in [0.15, 0.2) is 64.2 Å². The van der Waals surface area contributed by atoms with E-state index in [1.807, 2.05) is 54.2 Å². The summed E-state index contributed by atoms with van der Waals surface area (Å²) in [6.45, 7) is 0. The van der Waals surface area contributed by atoms with Gasteiger partial charge >= 0.3 is 0 Å². The maximum atomic E-state index is 12.8. The molecule has 0 saturated heterocycles. The van der Waals surface area contributed by atoms with Gasteiger partial charge in [0.05, 0.1) is 14.2 Å². The van der Waals surface area contributed by atoms with E-state index in [0.29, 0.717) is 23.7 Å². The molecule has 3 rings (SSSR count). The fourth-order valence-corrected chi connectivity index (χ4v) is 4.09. The molecule has 1 unspecified atom stereocenters. The number of ether oxygens (including phenoxy) is 2. The summed E-state index contributed by atoms with van der Waals surface area (Å²) >= 11 is 5.08. The second-order valence-corrected chi connectivity index (χ2v) is 8.68. The predicted molar refractivity (Wildman–Crippen MR) is 122 cm³/mol. The molecule has 2 aromatic carbocycles. The Morgan fingerprint density at radius 3 is 2.40 bits per heavy atom. The minimum Gasteiger partial charge on any atom is -0.497 e. The van der Waals surface area contributed by atoms with Crippen molar-refractivity contribution in [2.24, 2.45) is 7.05 Å². The van der Waals surface area contributed by atoms with E-state index in [-0.39, 0.29) is 5.91 Å². The van der Waals surface area contributed by atoms with Crippen LogP contribution in [-0.2, 0) is 11.8 Å². The van der Waals surface area contributed by atoms with Crippen LogP contribution in [0.5, 0.6) is 11.5 Å². The molecule has 158 valence electrons. The second kappa shape index (κ2) is 10.5. The lowest BCUT2D eigenvalue weighted by molar-refractivity contribution is -0.121. The summed E-state index contributed by atoms with van der Waals surface area (Å²) in [6.07, 6.45) is 3.97. The molecular weight excluding hydrogens is 466 g/mol. The Morgan fingerprint density at radius 2 is 1.83 bits per heavy atom. The molecule has 1 amide bonds. The van der Waals surface area contributed by atoms with Gasteiger partial charge in [-0.15, -0.1) is 11.8 Å². The number of imidazole rings is 1. The lowest BCUT2D eigenvalue weighted by Gasteiger charge is -2.20. The van der Waals surface area contributed by atoms with E-state index in [1.54, 1.807) is 38.2 Å². The number of thioether (sulfide) groups is 1. The Morgan fingerprint density at radius 1 is 1.17 bits per heavy atom. The molecule has 0 radical (unpaired) electrons. The Labute approximate surface area is 189 Å². The summed E-state index contributed by atoms with van der Waals surface area (Å²) < 4.78 is 13.7. The molecule has 0 fully saturated rings. The third-order valence-electron chi connectivity index (χ3n) is 4.54. The monoisotopic (exact) mass is 489 g/mol. The Kier molecular flexibility index (Phi) is 7.81. The molecular formula is C22H24BrN3O3S. The molecule has 1 atom stereocenters. The Balaban J connectivity index is 1.74. The number of carbonyl (C=O) groups is 1. The van der Waals surface area contributed by atoms with Gasteiger partial charge < -0.3 is 19.4 Å². The summed E-state index contributed by atoms with van der Waals surface area (Å²) in [7, 11) is 5.11. The van der Waals surface area contributed by atoms with E-state index in [1.165, 1.54) is 0 Å². The molecule has 1 heterocycles. The molecule has 0 aliphatic rings. The van der Waals surface area contributed by atoms with Crippen molar-refractivity contribution in [1.82, 2.24) is 14.9 Å². The number of rotatable bonds is 9. The van der Waals surface area contributed by atoms with Gasteiger partial charge in [-0.05, 0) is 42.0 Å². The van der Waals surface area contributed by atoms with Gasteiger partial charge in [0.15, 0.2) is 0 Å². The normalized spacial score (nSPS) is 11.7. The fourth-order valence-electron chi connectivity index (χ4n) is 2.97.